The van der Waals surface area contributed by atoms with E-state index in [4.69, 9.17) is 14.7 Å². The van der Waals surface area contributed by atoms with E-state index in [0.29, 0.717) is 18.8 Å². The highest BCUT2D eigenvalue weighted by Gasteiger charge is 2.16. The summed E-state index contributed by atoms with van der Waals surface area (Å²) in [5.41, 5.74) is 0.563. The molecule has 0 spiro atoms. The van der Waals surface area contributed by atoms with E-state index in [1.54, 1.807) is 18.3 Å². The van der Waals surface area contributed by atoms with Gasteiger partial charge in [0, 0.05) is 18.8 Å². The van der Waals surface area contributed by atoms with Crippen LogP contribution in [-0.2, 0) is 9.47 Å². The number of ether oxygens (including phenoxy) is 2. The fraction of sp³-hybridized carbons (Fsp3) is 0.538. The molecule has 2 heterocycles. The van der Waals surface area contributed by atoms with E-state index >= 15 is 0 Å². The number of nitrogens with zero attached hydrogens (tertiary/aromatic N) is 2. The monoisotopic (exact) mass is 247 g/mol. The van der Waals surface area contributed by atoms with Crippen LogP contribution in [0.4, 0.5) is 5.82 Å². The SMILES string of the molecule is CC(COC1CCOC1)Nc1ccc(C#N)cn1. The molecule has 2 atom stereocenters. The van der Waals surface area contributed by atoms with E-state index in [1.165, 1.54) is 0 Å². The van der Waals surface area contributed by atoms with Crippen molar-refractivity contribution in [1.82, 2.24) is 4.98 Å². The molecule has 2 unspecified atom stereocenters. The third-order valence-corrected chi connectivity index (χ3v) is 2.76. The second-order valence-electron chi connectivity index (χ2n) is 4.41. The third-order valence-electron chi connectivity index (χ3n) is 2.76. The van der Waals surface area contributed by atoms with Crippen molar-refractivity contribution < 1.29 is 9.47 Å². The van der Waals surface area contributed by atoms with Gasteiger partial charge in [-0.1, -0.05) is 0 Å². The molecule has 5 heteroatoms. The Morgan fingerprint density at radius 3 is 3.17 bits per heavy atom. The van der Waals surface area contributed by atoms with Crippen LogP contribution in [0.15, 0.2) is 18.3 Å². The highest BCUT2D eigenvalue weighted by Crippen LogP contribution is 2.10. The van der Waals surface area contributed by atoms with Gasteiger partial charge in [-0.05, 0) is 25.5 Å². The van der Waals surface area contributed by atoms with Crippen molar-refractivity contribution in [2.45, 2.75) is 25.5 Å². The first-order valence-electron chi connectivity index (χ1n) is 6.10. The molecule has 96 valence electrons. The molecule has 1 N–H and O–H groups in total. The molecular formula is C13H17N3O2. The first kappa shape index (κ1) is 12.8. The Balaban J connectivity index is 1.75. The summed E-state index contributed by atoms with van der Waals surface area (Å²) in [6.45, 7) is 4.15. The molecule has 18 heavy (non-hydrogen) atoms. The van der Waals surface area contributed by atoms with E-state index in [-0.39, 0.29) is 12.1 Å². The van der Waals surface area contributed by atoms with Gasteiger partial charge in [0.05, 0.1) is 24.9 Å². The van der Waals surface area contributed by atoms with E-state index in [2.05, 4.69) is 10.3 Å². The summed E-state index contributed by atoms with van der Waals surface area (Å²) in [5, 5.41) is 11.9. The van der Waals surface area contributed by atoms with Gasteiger partial charge in [0.1, 0.15) is 11.9 Å². The molecule has 1 saturated heterocycles. The second-order valence-corrected chi connectivity index (χ2v) is 4.41. The van der Waals surface area contributed by atoms with Gasteiger partial charge >= 0.3 is 0 Å². The van der Waals surface area contributed by atoms with Gasteiger partial charge in [0.15, 0.2) is 0 Å². The topological polar surface area (TPSA) is 67.2 Å². The minimum Gasteiger partial charge on any atom is -0.379 e. The summed E-state index contributed by atoms with van der Waals surface area (Å²) in [6, 6.07) is 5.76. The van der Waals surface area contributed by atoms with Crippen molar-refractivity contribution in [2.24, 2.45) is 0 Å². The number of rotatable bonds is 5. The smallest absolute Gasteiger partial charge is 0.126 e. The maximum atomic E-state index is 8.67. The molecule has 0 bridgehead atoms. The first-order valence-corrected chi connectivity index (χ1v) is 6.10. The Hall–Kier alpha value is -1.64. The summed E-state index contributed by atoms with van der Waals surface area (Å²) in [4.78, 5) is 4.16. The molecule has 1 aromatic rings. The predicted molar refractivity (Wildman–Crippen MR) is 67.2 cm³/mol. The maximum Gasteiger partial charge on any atom is 0.126 e. The molecule has 1 aromatic heterocycles. The molecular weight excluding hydrogens is 230 g/mol. The quantitative estimate of drug-likeness (QED) is 0.855. The van der Waals surface area contributed by atoms with Crippen molar-refractivity contribution in [3.63, 3.8) is 0 Å². The Labute approximate surface area is 107 Å². The van der Waals surface area contributed by atoms with Crippen molar-refractivity contribution >= 4 is 5.82 Å². The zero-order chi connectivity index (χ0) is 12.8. The van der Waals surface area contributed by atoms with Crippen LogP contribution >= 0.6 is 0 Å². The number of aromatic nitrogens is 1. The zero-order valence-electron chi connectivity index (χ0n) is 10.4. The number of nitrogens with one attached hydrogen (secondary N) is 1. The molecule has 0 aromatic carbocycles. The number of hydrogen-bond donors (Lipinski definition) is 1. The average Bonchev–Trinajstić information content (AvgIpc) is 2.90. The number of nitriles is 1. The number of anilines is 1. The van der Waals surface area contributed by atoms with E-state index in [1.807, 2.05) is 13.0 Å². The molecule has 1 aliphatic heterocycles. The summed E-state index contributed by atoms with van der Waals surface area (Å²) in [5.74, 6) is 0.757. The van der Waals surface area contributed by atoms with Gasteiger partial charge in [-0.2, -0.15) is 5.26 Å². The number of pyridine rings is 1. The predicted octanol–water partition coefficient (Wildman–Crippen LogP) is 1.56. The molecule has 1 fully saturated rings. The number of hydrogen-bond acceptors (Lipinski definition) is 5. The summed E-state index contributed by atoms with van der Waals surface area (Å²) in [6.07, 6.45) is 2.76. The fourth-order valence-electron chi connectivity index (χ4n) is 1.76. The lowest BCUT2D eigenvalue weighted by atomic mass is 10.3. The molecule has 0 radical (unpaired) electrons. The highest BCUT2D eigenvalue weighted by atomic mass is 16.5. The van der Waals surface area contributed by atoms with Crippen LogP contribution in [0, 0.1) is 11.3 Å². The fourth-order valence-corrected chi connectivity index (χ4v) is 1.76. The second kappa shape index (κ2) is 6.34. The van der Waals surface area contributed by atoms with Gasteiger partial charge in [-0.15, -0.1) is 0 Å². The van der Waals surface area contributed by atoms with Crippen molar-refractivity contribution in [3.05, 3.63) is 23.9 Å². The Morgan fingerprint density at radius 1 is 1.67 bits per heavy atom. The minimum absolute atomic E-state index is 0.172. The molecule has 2 rings (SSSR count). The summed E-state index contributed by atoms with van der Waals surface area (Å²) < 4.78 is 11.0. The van der Waals surface area contributed by atoms with E-state index in [0.717, 1.165) is 18.8 Å². The van der Waals surface area contributed by atoms with Crippen molar-refractivity contribution in [1.29, 1.82) is 5.26 Å². The van der Waals surface area contributed by atoms with Crippen LogP contribution in [0.1, 0.15) is 18.9 Å². The molecule has 5 nitrogen and oxygen atoms in total. The highest BCUT2D eigenvalue weighted by molar-refractivity contribution is 5.39. The lowest BCUT2D eigenvalue weighted by molar-refractivity contribution is 0.0395. The van der Waals surface area contributed by atoms with Crippen LogP contribution in [0.25, 0.3) is 0 Å². The normalized spacial score (nSPS) is 20.3. The van der Waals surface area contributed by atoms with Crippen LogP contribution < -0.4 is 5.32 Å². The molecule has 1 aliphatic rings. The Bertz CT molecular complexity index is 407. The summed E-state index contributed by atoms with van der Waals surface area (Å²) in [7, 11) is 0. The average molecular weight is 247 g/mol. The lowest BCUT2D eigenvalue weighted by Gasteiger charge is -2.17. The van der Waals surface area contributed by atoms with Crippen LogP contribution in [0.2, 0.25) is 0 Å². The first-order chi connectivity index (χ1) is 8.78. The Morgan fingerprint density at radius 2 is 2.56 bits per heavy atom. The minimum atomic E-state index is 0.172. The van der Waals surface area contributed by atoms with Crippen LogP contribution in [0.3, 0.4) is 0 Å². The molecule has 0 saturated carbocycles. The van der Waals surface area contributed by atoms with Crippen LogP contribution in [0.5, 0.6) is 0 Å². The van der Waals surface area contributed by atoms with Crippen molar-refractivity contribution in [3.8, 4) is 6.07 Å². The molecule has 0 aliphatic carbocycles. The Kier molecular flexibility index (Phi) is 4.51. The van der Waals surface area contributed by atoms with Gasteiger partial charge < -0.3 is 14.8 Å². The van der Waals surface area contributed by atoms with Gasteiger partial charge in [0.25, 0.3) is 0 Å². The summed E-state index contributed by atoms with van der Waals surface area (Å²) >= 11 is 0. The van der Waals surface area contributed by atoms with E-state index < -0.39 is 0 Å². The van der Waals surface area contributed by atoms with Gasteiger partial charge in [-0.3, -0.25) is 0 Å². The standard InChI is InChI=1S/C13H17N3O2/c1-10(8-18-12-4-5-17-9-12)16-13-3-2-11(6-14)7-15-13/h2-3,7,10,12H,4-5,8-9H2,1H3,(H,15,16). The third kappa shape index (κ3) is 3.69. The van der Waals surface area contributed by atoms with Crippen LogP contribution in [-0.4, -0.2) is 37.0 Å². The maximum absolute atomic E-state index is 8.67. The van der Waals surface area contributed by atoms with Gasteiger partial charge in [-0.25, -0.2) is 4.98 Å². The van der Waals surface area contributed by atoms with Gasteiger partial charge in [0.2, 0.25) is 0 Å². The largest absolute Gasteiger partial charge is 0.379 e. The van der Waals surface area contributed by atoms with Crippen molar-refractivity contribution in [2.75, 3.05) is 25.1 Å². The zero-order valence-corrected chi connectivity index (χ0v) is 10.4. The van der Waals surface area contributed by atoms with E-state index in [9.17, 15) is 0 Å². The molecule has 0 amide bonds. The lowest BCUT2D eigenvalue weighted by Crippen LogP contribution is -2.26.